The molecule has 1 aliphatic rings. The van der Waals surface area contributed by atoms with Crippen LogP contribution in [0, 0.1) is 6.92 Å². The van der Waals surface area contributed by atoms with Crippen LogP contribution in [0.5, 0.6) is 0 Å². The van der Waals surface area contributed by atoms with Gasteiger partial charge in [-0.3, -0.25) is 4.98 Å². The number of hydrogen-bond acceptors (Lipinski definition) is 8. The summed E-state index contributed by atoms with van der Waals surface area (Å²) in [6.07, 6.45) is 5.02. The number of aromatic amines is 1. The molecule has 2 heterocycles. The van der Waals surface area contributed by atoms with Gasteiger partial charge in [0.1, 0.15) is 5.82 Å². The number of aromatic nitrogens is 3. The van der Waals surface area contributed by atoms with Crippen molar-refractivity contribution in [3.05, 3.63) is 64.8 Å². The van der Waals surface area contributed by atoms with Crippen molar-refractivity contribution in [2.75, 3.05) is 10.6 Å². The van der Waals surface area contributed by atoms with Crippen LogP contribution in [0.4, 0.5) is 23.1 Å². The van der Waals surface area contributed by atoms with Crippen molar-refractivity contribution >= 4 is 44.1 Å². The Morgan fingerprint density at radius 3 is 2.67 bits per heavy atom. The van der Waals surface area contributed by atoms with E-state index in [0.717, 1.165) is 24.1 Å². The molecule has 33 heavy (non-hydrogen) atoms. The predicted octanol–water partition coefficient (Wildman–Crippen LogP) is 4.42. The molecule has 170 valence electrons. The molecule has 2 aromatic carbocycles. The van der Waals surface area contributed by atoms with E-state index in [1.165, 1.54) is 0 Å². The summed E-state index contributed by atoms with van der Waals surface area (Å²) in [5.41, 5.74) is 3.19. The molecule has 0 aliphatic heterocycles. The maximum Gasteiger partial charge on any atom is 0.417 e. The van der Waals surface area contributed by atoms with Crippen molar-refractivity contribution in [1.29, 1.82) is 0 Å². The average Bonchev–Trinajstić information content (AvgIpc) is 3.46. The van der Waals surface area contributed by atoms with Gasteiger partial charge in [-0.05, 0) is 56.2 Å². The highest BCUT2D eigenvalue weighted by Gasteiger charge is 2.30. The van der Waals surface area contributed by atoms with E-state index in [-0.39, 0.29) is 5.25 Å². The fourth-order valence-corrected chi connectivity index (χ4v) is 5.96. The van der Waals surface area contributed by atoms with Gasteiger partial charge in [0.25, 0.3) is 0 Å². The summed E-state index contributed by atoms with van der Waals surface area (Å²) in [6, 6.07) is 12.0. The summed E-state index contributed by atoms with van der Waals surface area (Å²) in [7, 11) is -3.35. The maximum atomic E-state index is 12.9. The number of aryl methyl sites for hydroxylation is 1. The first kappa shape index (κ1) is 21.2. The zero-order chi connectivity index (χ0) is 23.0. The number of nitrogens with one attached hydrogen (secondary N) is 3. The second-order valence-electron chi connectivity index (χ2n) is 8.18. The molecule has 1 saturated carbocycles. The average molecular weight is 466 g/mol. The van der Waals surface area contributed by atoms with Crippen molar-refractivity contribution in [2.45, 2.75) is 42.8 Å². The summed E-state index contributed by atoms with van der Waals surface area (Å²) in [5.74, 6) is 0.396. The van der Waals surface area contributed by atoms with E-state index in [2.05, 4.69) is 25.6 Å². The van der Waals surface area contributed by atoms with Gasteiger partial charge >= 0.3 is 5.76 Å². The van der Waals surface area contributed by atoms with Gasteiger partial charge in [0.15, 0.2) is 15.4 Å². The van der Waals surface area contributed by atoms with Gasteiger partial charge in [-0.25, -0.2) is 18.2 Å². The minimum Gasteiger partial charge on any atom is -0.408 e. The maximum absolute atomic E-state index is 12.9. The van der Waals surface area contributed by atoms with Crippen LogP contribution in [0.2, 0.25) is 0 Å². The van der Waals surface area contributed by atoms with Crippen LogP contribution < -0.4 is 16.4 Å². The first-order valence-corrected chi connectivity index (χ1v) is 12.3. The van der Waals surface area contributed by atoms with Crippen molar-refractivity contribution in [3.8, 4) is 0 Å². The molecule has 1 aliphatic carbocycles. The lowest BCUT2D eigenvalue weighted by atomic mass is 10.2. The monoisotopic (exact) mass is 465 g/mol. The molecular formula is C23H23N5O4S. The Labute approximate surface area is 190 Å². The van der Waals surface area contributed by atoms with Gasteiger partial charge in [-0.15, -0.1) is 0 Å². The van der Waals surface area contributed by atoms with Crippen LogP contribution in [0.15, 0.2) is 62.8 Å². The summed E-state index contributed by atoms with van der Waals surface area (Å²) in [4.78, 5) is 23.2. The van der Waals surface area contributed by atoms with Crippen LogP contribution in [-0.4, -0.2) is 28.6 Å². The smallest absolute Gasteiger partial charge is 0.408 e. The third kappa shape index (κ3) is 4.34. The van der Waals surface area contributed by atoms with E-state index >= 15 is 0 Å². The Bertz CT molecular complexity index is 1490. The number of rotatable bonds is 6. The summed E-state index contributed by atoms with van der Waals surface area (Å²) < 4.78 is 30.9. The van der Waals surface area contributed by atoms with Gasteiger partial charge in [-0.1, -0.05) is 18.9 Å². The Morgan fingerprint density at radius 1 is 1.06 bits per heavy atom. The Hall–Kier alpha value is -3.66. The number of H-pyrrole nitrogens is 1. The molecule has 0 spiro atoms. The normalized spacial score (nSPS) is 14.6. The quantitative estimate of drug-likeness (QED) is 0.381. The molecule has 2 aromatic heterocycles. The van der Waals surface area contributed by atoms with Gasteiger partial charge < -0.3 is 15.1 Å². The van der Waals surface area contributed by atoms with Gasteiger partial charge in [-0.2, -0.15) is 4.98 Å². The zero-order valence-corrected chi connectivity index (χ0v) is 18.8. The van der Waals surface area contributed by atoms with E-state index in [0.29, 0.717) is 46.3 Å². The number of oxazole rings is 1. The third-order valence-electron chi connectivity index (χ3n) is 5.81. The summed E-state index contributed by atoms with van der Waals surface area (Å²) in [6.45, 7) is 1.87. The molecule has 0 radical (unpaired) electrons. The van der Waals surface area contributed by atoms with E-state index in [1.54, 1.807) is 48.7 Å². The lowest BCUT2D eigenvalue weighted by Crippen LogP contribution is -2.17. The molecule has 3 N–H and O–H groups in total. The molecule has 0 bridgehead atoms. The van der Waals surface area contributed by atoms with Crippen molar-refractivity contribution in [1.82, 2.24) is 15.0 Å². The summed E-state index contributed by atoms with van der Waals surface area (Å²) >= 11 is 0. The highest BCUT2D eigenvalue weighted by Crippen LogP contribution is 2.31. The van der Waals surface area contributed by atoms with E-state index < -0.39 is 15.6 Å². The number of fused-ring (bicyclic) bond motifs is 1. The standard InChI is InChI=1S/C23H23N5O4S/c1-14-13-24-22(28-21(14)25-16-9-10-20-19(12-16)27-23(29)32-20)26-15-5-4-8-18(11-15)33(30,31)17-6-2-3-7-17/h4-5,8-13,17H,2-3,6-7H2,1H3,(H,27,29)(H2,24,25,26,28). The minimum absolute atomic E-state index is 0.304. The van der Waals surface area contributed by atoms with Crippen molar-refractivity contribution in [2.24, 2.45) is 0 Å². The molecule has 0 saturated heterocycles. The first-order chi connectivity index (χ1) is 15.9. The molecule has 5 rings (SSSR count). The molecule has 0 atom stereocenters. The van der Waals surface area contributed by atoms with E-state index in [1.807, 2.05) is 6.92 Å². The topological polar surface area (TPSA) is 130 Å². The fraction of sp³-hybridized carbons (Fsp3) is 0.261. The molecular weight excluding hydrogens is 442 g/mol. The molecule has 0 unspecified atom stereocenters. The third-order valence-corrected chi connectivity index (χ3v) is 8.07. The van der Waals surface area contributed by atoms with Crippen LogP contribution >= 0.6 is 0 Å². The first-order valence-electron chi connectivity index (χ1n) is 10.7. The van der Waals surface area contributed by atoms with Crippen LogP contribution in [0.25, 0.3) is 11.1 Å². The zero-order valence-electron chi connectivity index (χ0n) is 18.0. The lowest BCUT2D eigenvalue weighted by molar-refractivity contribution is 0.555. The molecule has 4 aromatic rings. The largest absolute Gasteiger partial charge is 0.417 e. The van der Waals surface area contributed by atoms with Crippen molar-refractivity contribution in [3.63, 3.8) is 0 Å². The second-order valence-corrected chi connectivity index (χ2v) is 10.4. The molecule has 0 amide bonds. The highest BCUT2D eigenvalue weighted by molar-refractivity contribution is 7.92. The number of sulfone groups is 1. The second kappa shape index (κ2) is 8.36. The Balaban J connectivity index is 1.38. The molecule has 10 heteroatoms. The van der Waals surface area contributed by atoms with Gasteiger partial charge in [0, 0.05) is 23.1 Å². The molecule has 9 nitrogen and oxygen atoms in total. The molecule has 1 fully saturated rings. The van der Waals surface area contributed by atoms with E-state index in [4.69, 9.17) is 4.42 Å². The summed E-state index contributed by atoms with van der Waals surface area (Å²) in [5, 5.41) is 6.02. The fourth-order valence-electron chi connectivity index (χ4n) is 4.07. The van der Waals surface area contributed by atoms with Crippen LogP contribution in [0.1, 0.15) is 31.2 Å². The number of hydrogen-bond donors (Lipinski definition) is 3. The van der Waals surface area contributed by atoms with E-state index in [9.17, 15) is 13.2 Å². The number of benzene rings is 2. The Kier molecular flexibility index (Phi) is 5.37. The van der Waals surface area contributed by atoms with Crippen LogP contribution in [0.3, 0.4) is 0 Å². The van der Waals surface area contributed by atoms with Crippen LogP contribution in [-0.2, 0) is 9.84 Å². The number of nitrogens with zero attached hydrogens (tertiary/aromatic N) is 2. The van der Waals surface area contributed by atoms with Gasteiger partial charge in [0.05, 0.1) is 15.7 Å². The SMILES string of the molecule is Cc1cnc(Nc2cccc(S(=O)(=O)C3CCCC3)c2)nc1Nc1ccc2oc(=O)[nH]c2c1. The van der Waals surface area contributed by atoms with Gasteiger partial charge in [0.2, 0.25) is 5.95 Å². The predicted molar refractivity (Wildman–Crippen MR) is 126 cm³/mol. The van der Waals surface area contributed by atoms with Crippen molar-refractivity contribution < 1.29 is 12.8 Å². The minimum atomic E-state index is -3.35. The highest BCUT2D eigenvalue weighted by atomic mass is 32.2. The number of anilines is 4. The Morgan fingerprint density at radius 2 is 1.85 bits per heavy atom. The lowest BCUT2D eigenvalue weighted by Gasteiger charge is -2.13.